The van der Waals surface area contributed by atoms with E-state index < -0.39 is 0 Å². The summed E-state index contributed by atoms with van der Waals surface area (Å²) >= 11 is 0. The third-order valence-electron chi connectivity index (χ3n) is 2.93. The van der Waals surface area contributed by atoms with Gasteiger partial charge in [0.15, 0.2) is 0 Å². The number of hydrogen-bond acceptors (Lipinski definition) is 0. The van der Waals surface area contributed by atoms with Gasteiger partial charge in [-0.15, -0.1) is 0 Å². The van der Waals surface area contributed by atoms with E-state index in [0.29, 0.717) is 0 Å². The molecule has 0 aliphatic heterocycles. The molecule has 0 aromatic heterocycles. The minimum absolute atomic E-state index is 0.317. The molecule has 0 aromatic rings. The van der Waals surface area contributed by atoms with Gasteiger partial charge >= 0.3 is 0 Å². The molecule has 0 bridgehead atoms. The van der Waals surface area contributed by atoms with Gasteiger partial charge in [0.05, 0.1) is 0 Å². The first-order chi connectivity index (χ1) is 4.46. The number of rotatable bonds is 3. The zero-order valence-electron chi connectivity index (χ0n) is 8.31. The smallest absolute Gasteiger partial charge is 0.0361 e. The van der Waals surface area contributed by atoms with E-state index in [2.05, 4.69) is 40.4 Å². The first kappa shape index (κ1) is 10.4. The van der Waals surface area contributed by atoms with Crippen molar-refractivity contribution in [2.45, 2.75) is 51.1 Å². The Hall–Kier alpha value is 0.434. The van der Waals surface area contributed by atoms with E-state index in [1.807, 2.05) is 0 Å². The molecule has 0 spiro atoms. The topological polar surface area (TPSA) is 0 Å². The molecule has 2 heteroatoms. The van der Waals surface area contributed by atoms with E-state index in [0.717, 1.165) is 10.7 Å². The van der Waals surface area contributed by atoms with Crippen molar-refractivity contribution in [2.75, 3.05) is 0 Å². The van der Waals surface area contributed by atoms with Crippen LogP contribution in [0.25, 0.3) is 0 Å². The van der Waals surface area contributed by atoms with Crippen LogP contribution in [-0.2, 0) is 0 Å². The molecule has 0 fully saturated rings. The van der Waals surface area contributed by atoms with Crippen LogP contribution in [0.1, 0.15) is 20.8 Å². The second-order valence-corrected chi connectivity index (χ2v) is 12.6. The molecule has 0 amide bonds. The maximum absolute atomic E-state index is 2.53. The van der Waals surface area contributed by atoms with Crippen LogP contribution in [0, 0.1) is 0 Å². The molecule has 0 rings (SSSR count). The molecule has 62 valence electrons. The van der Waals surface area contributed by atoms with Crippen molar-refractivity contribution >= 4 is 17.6 Å². The van der Waals surface area contributed by atoms with E-state index in [1.54, 1.807) is 0 Å². The molecule has 2 atom stereocenters. The van der Waals surface area contributed by atoms with Gasteiger partial charge < -0.3 is 0 Å². The second-order valence-electron chi connectivity index (χ2n) is 4.21. The van der Waals surface area contributed by atoms with Gasteiger partial charge in [0.2, 0.25) is 0 Å². The Kier molecular flexibility index (Phi) is 4.53. The minimum Gasteiger partial charge on any atom is -0.0722 e. The summed E-state index contributed by atoms with van der Waals surface area (Å²) in [6.45, 7) is 14.8. The van der Waals surface area contributed by atoms with Crippen molar-refractivity contribution in [3.8, 4) is 0 Å². The van der Waals surface area contributed by atoms with Gasteiger partial charge in [0.1, 0.15) is 0 Å². The lowest BCUT2D eigenvalue weighted by Gasteiger charge is -2.24. The fourth-order valence-corrected chi connectivity index (χ4v) is 8.62. The fourth-order valence-electron chi connectivity index (χ4n) is 1.21. The Labute approximate surface area is 69.2 Å². The Morgan fingerprint density at radius 2 is 1.30 bits per heavy atom. The molecule has 0 aromatic carbocycles. The molecule has 0 saturated carbocycles. The summed E-state index contributed by atoms with van der Waals surface area (Å²) < 4.78 is 0. The zero-order chi connectivity index (χ0) is 8.31. The van der Waals surface area contributed by atoms with Crippen LogP contribution in [0.15, 0.2) is 0 Å². The summed E-state index contributed by atoms with van der Waals surface area (Å²) in [4.78, 5) is 0. The van der Waals surface area contributed by atoms with Crippen LogP contribution >= 0.6 is 0 Å². The van der Waals surface area contributed by atoms with Crippen molar-refractivity contribution in [3.05, 3.63) is 0 Å². The standard InChI is InChI=1S/C8H22Si2/c1-7(2)10(6)8(3)9(4)5/h7-10H,1-6H3. The molecule has 0 aliphatic rings. The minimum atomic E-state index is -0.366. The summed E-state index contributed by atoms with van der Waals surface area (Å²) in [6, 6.07) is 0. The summed E-state index contributed by atoms with van der Waals surface area (Å²) in [7, 11) is -0.683. The average molecular weight is 174 g/mol. The van der Waals surface area contributed by atoms with Crippen molar-refractivity contribution < 1.29 is 0 Å². The maximum Gasteiger partial charge on any atom is 0.0361 e. The van der Waals surface area contributed by atoms with Crippen molar-refractivity contribution in [2.24, 2.45) is 0 Å². The highest BCUT2D eigenvalue weighted by Crippen LogP contribution is 2.22. The lowest BCUT2D eigenvalue weighted by Crippen LogP contribution is -2.27. The normalized spacial score (nSPS) is 18.0. The van der Waals surface area contributed by atoms with Gasteiger partial charge in [0.25, 0.3) is 0 Å². The molecular weight excluding hydrogens is 152 g/mol. The molecule has 0 N–H and O–H groups in total. The molecule has 10 heavy (non-hydrogen) atoms. The van der Waals surface area contributed by atoms with E-state index in [1.165, 1.54) is 0 Å². The molecule has 0 heterocycles. The quantitative estimate of drug-likeness (QED) is 0.577. The second kappa shape index (κ2) is 4.34. The molecule has 0 saturated heterocycles. The van der Waals surface area contributed by atoms with Gasteiger partial charge in [-0.05, 0) is 0 Å². The van der Waals surface area contributed by atoms with Gasteiger partial charge in [0, 0.05) is 17.6 Å². The van der Waals surface area contributed by atoms with Crippen LogP contribution in [0.3, 0.4) is 0 Å². The van der Waals surface area contributed by atoms with Crippen LogP contribution in [0.4, 0.5) is 0 Å². The van der Waals surface area contributed by atoms with Crippen LogP contribution in [0.2, 0.25) is 30.3 Å². The van der Waals surface area contributed by atoms with Crippen LogP contribution < -0.4 is 0 Å². The van der Waals surface area contributed by atoms with Gasteiger partial charge in [-0.2, -0.15) is 0 Å². The lowest BCUT2D eigenvalue weighted by atomic mass is 10.6. The summed E-state index contributed by atoms with van der Waals surface area (Å²) in [5, 5.41) is 1.14. The molecule has 0 nitrogen and oxygen atoms in total. The van der Waals surface area contributed by atoms with Gasteiger partial charge in [-0.1, -0.05) is 51.1 Å². The largest absolute Gasteiger partial charge is 0.0722 e. The Bertz CT molecular complexity index is 77.3. The van der Waals surface area contributed by atoms with Gasteiger partial charge in [-0.25, -0.2) is 0 Å². The summed E-state index contributed by atoms with van der Waals surface area (Å²) in [5.74, 6) is 0. The predicted molar refractivity (Wildman–Crippen MR) is 56.4 cm³/mol. The molecule has 2 unspecified atom stereocenters. The maximum atomic E-state index is 2.53. The van der Waals surface area contributed by atoms with Crippen LogP contribution in [0.5, 0.6) is 0 Å². The highest BCUT2D eigenvalue weighted by atomic mass is 28.3. The summed E-state index contributed by atoms with van der Waals surface area (Å²) in [6.07, 6.45) is 0. The highest BCUT2D eigenvalue weighted by molar-refractivity contribution is 6.78. The van der Waals surface area contributed by atoms with E-state index >= 15 is 0 Å². The van der Waals surface area contributed by atoms with Crippen LogP contribution in [-0.4, -0.2) is 17.6 Å². The van der Waals surface area contributed by atoms with Gasteiger partial charge in [-0.3, -0.25) is 0 Å². The summed E-state index contributed by atoms with van der Waals surface area (Å²) in [5.41, 5.74) is 1.00. The monoisotopic (exact) mass is 174 g/mol. The Balaban J connectivity index is 3.81. The SMILES string of the molecule is CC(C)[SiH](C)C(C)[SiH](C)C. The zero-order valence-corrected chi connectivity index (χ0v) is 10.6. The fraction of sp³-hybridized carbons (Fsp3) is 1.00. The Morgan fingerprint density at radius 1 is 0.900 bits per heavy atom. The third-order valence-corrected chi connectivity index (χ3v) is 12.9. The van der Waals surface area contributed by atoms with Crippen molar-refractivity contribution in [1.29, 1.82) is 0 Å². The van der Waals surface area contributed by atoms with Crippen molar-refractivity contribution in [3.63, 3.8) is 0 Å². The van der Waals surface area contributed by atoms with E-state index in [9.17, 15) is 0 Å². The molecule has 0 radical (unpaired) electrons. The predicted octanol–water partition coefficient (Wildman–Crippen LogP) is 2.67. The van der Waals surface area contributed by atoms with E-state index in [-0.39, 0.29) is 17.6 Å². The molecule has 0 aliphatic carbocycles. The van der Waals surface area contributed by atoms with E-state index in [4.69, 9.17) is 0 Å². The number of hydrogen-bond donors (Lipinski definition) is 0. The Morgan fingerprint density at radius 3 is 1.40 bits per heavy atom. The third kappa shape index (κ3) is 3.01. The lowest BCUT2D eigenvalue weighted by molar-refractivity contribution is 1.00. The highest BCUT2D eigenvalue weighted by Gasteiger charge is 2.20. The molecular formula is C8H22Si2. The van der Waals surface area contributed by atoms with Crippen molar-refractivity contribution in [1.82, 2.24) is 0 Å². The first-order valence-corrected chi connectivity index (χ1v) is 9.93. The average Bonchev–Trinajstić information content (AvgIpc) is 1.84. The first-order valence-electron chi connectivity index (χ1n) is 4.46.